The molecule has 3 rings (SSSR count). The molecule has 3 aromatic rings. The highest BCUT2D eigenvalue weighted by Crippen LogP contribution is 2.29. The Labute approximate surface area is 188 Å². The van der Waals surface area contributed by atoms with Gasteiger partial charge in [-0.15, -0.1) is 10.2 Å². The summed E-state index contributed by atoms with van der Waals surface area (Å²) in [6.45, 7) is 2.20. The number of anilines is 1. The van der Waals surface area contributed by atoms with E-state index in [0.717, 1.165) is 5.56 Å². The number of benzene rings is 2. The van der Waals surface area contributed by atoms with Crippen molar-refractivity contribution >= 4 is 46.6 Å². The van der Waals surface area contributed by atoms with Crippen LogP contribution in [0.2, 0.25) is 10.0 Å². The lowest BCUT2D eigenvalue weighted by Gasteiger charge is -2.11. The summed E-state index contributed by atoms with van der Waals surface area (Å²) in [7, 11) is 3.42. The van der Waals surface area contributed by atoms with Gasteiger partial charge in [-0.2, -0.15) is 0 Å². The fourth-order valence-electron chi connectivity index (χ4n) is 2.54. The molecule has 1 heterocycles. The number of halogens is 2. The van der Waals surface area contributed by atoms with Crippen molar-refractivity contribution in [2.45, 2.75) is 18.7 Å². The van der Waals surface area contributed by atoms with E-state index in [4.69, 9.17) is 32.7 Å². The van der Waals surface area contributed by atoms with Gasteiger partial charge in [0, 0.05) is 12.1 Å². The minimum absolute atomic E-state index is 0.150. The monoisotopic (exact) mass is 466 g/mol. The number of aromatic nitrogens is 3. The van der Waals surface area contributed by atoms with Gasteiger partial charge in [0.1, 0.15) is 6.61 Å². The molecule has 10 heteroatoms. The van der Waals surface area contributed by atoms with E-state index in [9.17, 15) is 4.79 Å². The maximum atomic E-state index is 12.2. The zero-order valence-corrected chi connectivity index (χ0v) is 18.9. The third-order valence-corrected chi connectivity index (χ3v) is 5.71. The molecule has 2 aromatic carbocycles. The Morgan fingerprint density at radius 3 is 2.70 bits per heavy atom. The SMILES string of the molecule is COc1cc(C)ccc1OCc1nnc(SCC(=O)Nc2ccc(Cl)cc2Cl)n1C. The normalized spacial score (nSPS) is 10.7. The first-order valence-corrected chi connectivity index (χ1v) is 10.6. The fourth-order valence-corrected chi connectivity index (χ4v) is 3.73. The van der Waals surface area contributed by atoms with Gasteiger partial charge in [-0.3, -0.25) is 4.79 Å². The molecule has 158 valence electrons. The Hall–Kier alpha value is -2.42. The molecule has 0 fully saturated rings. The second kappa shape index (κ2) is 10.1. The van der Waals surface area contributed by atoms with Crippen molar-refractivity contribution in [1.82, 2.24) is 14.8 Å². The minimum atomic E-state index is -0.214. The molecule has 0 aliphatic heterocycles. The second-order valence-corrected chi connectivity index (χ2v) is 8.15. The fraction of sp³-hybridized carbons (Fsp3) is 0.250. The molecule has 1 amide bonds. The molecule has 0 radical (unpaired) electrons. The van der Waals surface area contributed by atoms with Crippen molar-refractivity contribution in [1.29, 1.82) is 0 Å². The van der Waals surface area contributed by atoms with Crippen LogP contribution < -0.4 is 14.8 Å². The zero-order valence-electron chi connectivity index (χ0n) is 16.6. The van der Waals surface area contributed by atoms with E-state index in [1.54, 1.807) is 29.9 Å². The summed E-state index contributed by atoms with van der Waals surface area (Å²) in [5.74, 6) is 1.84. The van der Waals surface area contributed by atoms with Crippen LogP contribution in [0.15, 0.2) is 41.6 Å². The van der Waals surface area contributed by atoms with E-state index in [-0.39, 0.29) is 18.3 Å². The first-order valence-electron chi connectivity index (χ1n) is 8.90. The summed E-state index contributed by atoms with van der Waals surface area (Å²) < 4.78 is 13.0. The second-order valence-electron chi connectivity index (χ2n) is 6.36. The van der Waals surface area contributed by atoms with Crippen LogP contribution in [0, 0.1) is 6.92 Å². The average Bonchev–Trinajstić information content (AvgIpc) is 3.07. The number of thioether (sulfide) groups is 1. The van der Waals surface area contributed by atoms with Gasteiger partial charge in [-0.05, 0) is 42.8 Å². The number of hydrogen-bond acceptors (Lipinski definition) is 6. The van der Waals surface area contributed by atoms with Crippen LogP contribution >= 0.6 is 35.0 Å². The molecular formula is C20H20Cl2N4O3S. The van der Waals surface area contributed by atoms with Gasteiger partial charge in [-0.25, -0.2) is 0 Å². The van der Waals surface area contributed by atoms with Crippen molar-refractivity contribution in [3.8, 4) is 11.5 Å². The van der Waals surface area contributed by atoms with Gasteiger partial charge in [0.05, 0.1) is 23.6 Å². The zero-order chi connectivity index (χ0) is 21.7. The Bertz CT molecular complexity index is 1060. The Balaban J connectivity index is 1.57. The maximum absolute atomic E-state index is 12.2. The molecule has 0 spiro atoms. The molecule has 0 bridgehead atoms. The quantitative estimate of drug-likeness (QED) is 0.482. The Morgan fingerprint density at radius 2 is 1.97 bits per heavy atom. The number of amides is 1. The first kappa shape index (κ1) is 22.3. The van der Waals surface area contributed by atoms with E-state index in [2.05, 4.69) is 15.5 Å². The standard InChI is InChI=1S/C20H20Cl2N4O3S/c1-12-4-7-16(17(8-12)28-3)29-10-18-24-25-20(26(18)2)30-11-19(27)23-15-6-5-13(21)9-14(15)22/h4-9H,10-11H2,1-3H3,(H,23,27). The Kier molecular flexibility index (Phi) is 7.47. The van der Waals surface area contributed by atoms with Crippen LogP contribution in [-0.2, 0) is 18.4 Å². The van der Waals surface area contributed by atoms with Gasteiger partial charge < -0.3 is 19.4 Å². The highest BCUT2D eigenvalue weighted by atomic mass is 35.5. The summed E-state index contributed by atoms with van der Waals surface area (Å²) in [4.78, 5) is 12.2. The van der Waals surface area contributed by atoms with Crippen molar-refractivity contribution < 1.29 is 14.3 Å². The largest absolute Gasteiger partial charge is 0.493 e. The van der Waals surface area contributed by atoms with E-state index in [1.165, 1.54) is 11.8 Å². The number of carbonyl (C=O) groups is 1. The van der Waals surface area contributed by atoms with Crippen LogP contribution in [0.3, 0.4) is 0 Å². The number of nitrogens with zero attached hydrogens (tertiary/aromatic N) is 3. The van der Waals surface area contributed by atoms with Crippen molar-refractivity contribution in [2.24, 2.45) is 7.05 Å². The van der Waals surface area contributed by atoms with Crippen LogP contribution in [-0.4, -0.2) is 33.5 Å². The molecule has 0 saturated heterocycles. The van der Waals surface area contributed by atoms with Crippen molar-refractivity contribution in [3.05, 3.63) is 57.8 Å². The molecule has 7 nitrogen and oxygen atoms in total. The summed E-state index contributed by atoms with van der Waals surface area (Å²) in [6.07, 6.45) is 0. The van der Waals surface area contributed by atoms with Crippen LogP contribution in [0.1, 0.15) is 11.4 Å². The molecular weight excluding hydrogens is 447 g/mol. The van der Waals surface area contributed by atoms with Gasteiger partial charge in [0.2, 0.25) is 5.91 Å². The maximum Gasteiger partial charge on any atom is 0.234 e. The van der Waals surface area contributed by atoms with E-state index in [1.807, 2.05) is 32.2 Å². The molecule has 0 saturated carbocycles. The van der Waals surface area contributed by atoms with E-state index in [0.29, 0.717) is 38.2 Å². The molecule has 0 aliphatic carbocycles. The summed E-state index contributed by atoms with van der Waals surface area (Å²) in [6, 6.07) is 10.6. The number of aryl methyl sites for hydroxylation is 1. The van der Waals surface area contributed by atoms with Crippen LogP contribution in [0.25, 0.3) is 0 Å². The Morgan fingerprint density at radius 1 is 1.17 bits per heavy atom. The number of ether oxygens (including phenoxy) is 2. The average molecular weight is 467 g/mol. The molecule has 0 atom stereocenters. The third kappa shape index (κ3) is 5.59. The number of hydrogen-bond donors (Lipinski definition) is 1. The highest BCUT2D eigenvalue weighted by Gasteiger charge is 2.14. The number of rotatable bonds is 8. The predicted octanol–water partition coefficient (Wildman–Crippen LogP) is 4.75. The van der Waals surface area contributed by atoms with Gasteiger partial charge in [-0.1, -0.05) is 41.0 Å². The minimum Gasteiger partial charge on any atom is -0.493 e. The molecule has 30 heavy (non-hydrogen) atoms. The van der Waals surface area contributed by atoms with Crippen LogP contribution in [0.5, 0.6) is 11.5 Å². The number of carbonyl (C=O) groups excluding carboxylic acids is 1. The van der Waals surface area contributed by atoms with Gasteiger partial charge in [0.15, 0.2) is 22.5 Å². The van der Waals surface area contributed by atoms with Crippen LogP contribution in [0.4, 0.5) is 5.69 Å². The van der Waals surface area contributed by atoms with Gasteiger partial charge in [0.25, 0.3) is 0 Å². The third-order valence-electron chi connectivity index (χ3n) is 4.14. The van der Waals surface area contributed by atoms with E-state index < -0.39 is 0 Å². The lowest BCUT2D eigenvalue weighted by atomic mass is 10.2. The molecule has 1 N–H and O–H groups in total. The van der Waals surface area contributed by atoms with E-state index >= 15 is 0 Å². The predicted molar refractivity (Wildman–Crippen MR) is 119 cm³/mol. The summed E-state index contributed by atoms with van der Waals surface area (Å²) in [5.41, 5.74) is 1.58. The topological polar surface area (TPSA) is 78.3 Å². The highest BCUT2D eigenvalue weighted by molar-refractivity contribution is 7.99. The smallest absolute Gasteiger partial charge is 0.234 e. The lowest BCUT2D eigenvalue weighted by Crippen LogP contribution is -2.15. The summed E-state index contributed by atoms with van der Waals surface area (Å²) >= 11 is 13.2. The lowest BCUT2D eigenvalue weighted by molar-refractivity contribution is -0.113. The number of nitrogens with one attached hydrogen (secondary N) is 1. The van der Waals surface area contributed by atoms with Gasteiger partial charge >= 0.3 is 0 Å². The van der Waals surface area contributed by atoms with Crippen molar-refractivity contribution in [3.63, 3.8) is 0 Å². The van der Waals surface area contributed by atoms with Crippen molar-refractivity contribution in [2.75, 3.05) is 18.2 Å². The molecule has 0 aliphatic rings. The molecule has 0 unspecified atom stereocenters. The molecule has 1 aromatic heterocycles. The summed E-state index contributed by atoms with van der Waals surface area (Å²) in [5, 5.41) is 12.5. The number of methoxy groups -OCH3 is 1. The first-order chi connectivity index (χ1) is 14.4.